The van der Waals surface area contributed by atoms with Crippen LogP contribution in [0.25, 0.3) is 0 Å². The lowest BCUT2D eigenvalue weighted by atomic mass is 10.1. The van der Waals surface area contributed by atoms with Gasteiger partial charge in [0, 0.05) is 18.7 Å². The van der Waals surface area contributed by atoms with Gasteiger partial charge in [-0.1, -0.05) is 17.7 Å². The Kier molecular flexibility index (Phi) is 4.86. The molecule has 0 aliphatic carbocycles. The van der Waals surface area contributed by atoms with E-state index in [0.717, 1.165) is 24.3 Å². The highest BCUT2D eigenvalue weighted by Crippen LogP contribution is 2.26. The first-order valence-corrected chi connectivity index (χ1v) is 7.44. The van der Waals surface area contributed by atoms with Gasteiger partial charge in [-0.25, -0.2) is 0 Å². The Hall–Kier alpha value is -0.780. The van der Waals surface area contributed by atoms with Gasteiger partial charge in [0.1, 0.15) is 0 Å². The van der Waals surface area contributed by atoms with Crippen molar-refractivity contribution in [2.45, 2.75) is 25.4 Å². The van der Waals surface area contributed by atoms with Gasteiger partial charge in [0.15, 0.2) is 0 Å². The van der Waals surface area contributed by atoms with E-state index in [9.17, 15) is 10.1 Å². The number of benzene rings is 1. The van der Waals surface area contributed by atoms with Gasteiger partial charge in [0.2, 0.25) is 0 Å². The SMILES string of the molecule is O=[N+]([O-])c1cccc(Cl)c1CNC1CCSCC1. The van der Waals surface area contributed by atoms with Crippen molar-refractivity contribution in [2.24, 2.45) is 0 Å². The van der Waals surface area contributed by atoms with Gasteiger partial charge in [0.05, 0.1) is 15.5 Å². The van der Waals surface area contributed by atoms with Crippen molar-refractivity contribution >= 4 is 29.1 Å². The van der Waals surface area contributed by atoms with Crippen LogP contribution >= 0.6 is 23.4 Å². The van der Waals surface area contributed by atoms with Crippen LogP contribution in [0.1, 0.15) is 18.4 Å². The van der Waals surface area contributed by atoms with E-state index in [1.54, 1.807) is 12.1 Å². The third-order valence-corrected chi connectivity index (χ3v) is 4.48. The largest absolute Gasteiger partial charge is 0.310 e. The highest BCUT2D eigenvalue weighted by molar-refractivity contribution is 7.99. The monoisotopic (exact) mass is 286 g/mol. The zero-order valence-electron chi connectivity index (χ0n) is 9.89. The molecule has 2 rings (SSSR count). The Balaban J connectivity index is 2.05. The number of nitro groups is 1. The van der Waals surface area contributed by atoms with Crippen molar-refractivity contribution in [2.75, 3.05) is 11.5 Å². The lowest BCUT2D eigenvalue weighted by Gasteiger charge is -2.22. The van der Waals surface area contributed by atoms with Gasteiger partial charge in [-0.3, -0.25) is 10.1 Å². The second kappa shape index (κ2) is 6.41. The zero-order valence-corrected chi connectivity index (χ0v) is 11.5. The molecule has 4 nitrogen and oxygen atoms in total. The summed E-state index contributed by atoms with van der Waals surface area (Å²) in [6, 6.07) is 5.26. The molecule has 1 aliphatic heterocycles. The van der Waals surface area contributed by atoms with Crippen LogP contribution in [0.2, 0.25) is 5.02 Å². The first-order chi connectivity index (χ1) is 8.68. The highest BCUT2D eigenvalue weighted by Gasteiger charge is 2.19. The molecule has 1 N–H and O–H groups in total. The number of nitrogens with zero attached hydrogens (tertiary/aromatic N) is 1. The molecular weight excluding hydrogens is 272 g/mol. The average molecular weight is 287 g/mol. The van der Waals surface area contributed by atoms with Crippen LogP contribution in [0.5, 0.6) is 0 Å². The van der Waals surface area contributed by atoms with Gasteiger partial charge in [-0.2, -0.15) is 11.8 Å². The molecule has 1 aromatic rings. The van der Waals surface area contributed by atoms with Crippen LogP contribution in [0, 0.1) is 10.1 Å². The minimum Gasteiger partial charge on any atom is -0.310 e. The van der Waals surface area contributed by atoms with E-state index in [2.05, 4.69) is 5.32 Å². The van der Waals surface area contributed by atoms with E-state index in [-0.39, 0.29) is 10.6 Å². The van der Waals surface area contributed by atoms with Gasteiger partial charge in [0.25, 0.3) is 5.69 Å². The quantitative estimate of drug-likeness (QED) is 0.682. The molecule has 98 valence electrons. The molecule has 0 saturated carbocycles. The maximum atomic E-state index is 10.9. The molecular formula is C12H15ClN2O2S. The van der Waals surface area contributed by atoms with Gasteiger partial charge in [-0.05, 0) is 30.4 Å². The van der Waals surface area contributed by atoms with Gasteiger partial charge in [-0.15, -0.1) is 0 Å². The van der Waals surface area contributed by atoms with Crippen molar-refractivity contribution in [3.8, 4) is 0 Å². The summed E-state index contributed by atoms with van der Waals surface area (Å²) in [7, 11) is 0. The van der Waals surface area contributed by atoms with Crippen LogP contribution in [-0.2, 0) is 6.54 Å². The molecule has 1 aliphatic rings. The number of nitrogens with one attached hydrogen (secondary N) is 1. The number of hydrogen-bond donors (Lipinski definition) is 1. The molecule has 0 spiro atoms. The predicted molar refractivity (Wildman–Crippen MR) is 75.3 cm³/mol. The van der Waals surface area contributed by atoms with E-state index in [1.807, 2.05) is 11.8 Å². The summed E-state index contributed by atoms with van der Waals surface area (Å²) in [6.07, 6.45) is 2.23. The van der Waals surface area contributed by atoms with Crippen molar-refractivity contribution in [1.29, 1.82) is 0 Å². The fraction of sp³-hybridized carbons (Fsp3) is 0.500. The normalized spacial score (nSPS) is 16.7. The van der Waals surface area contributed by atoms with Crippen molar-refractivity contribution < 1.29 is 4.92 Å². The second-order valence-electron chi connectivity index (χ2n) is 4.26. The smallest absolute Gasteiger partial charge is 0.275 e. The first-order valence-electron chi connectivity index (χ1n) is 5.91. The Morgan fingerprint density at radius 1 is 1.44 bits per heavy atom. The topological polar surface area (TPSA) is 55.2 Å². The number of nitro benzene ring substituents is 1. The number of thioether (sulfide) groups is 1. The molecule has 1 heterocycles. The van der Waals surface area contributed by atoms with Crippen molar-refractivity contribution in [3.63, 3.8) is 0 Å². The molecule has 1 fully saturated rings. The van der Waals surface area contributed by atoms with Crippen LogP contribution in [0.3, 0.4) is 0 Å². The lowest BCUT2D eigenvalue weighted by Crippen LogP contribution is -2.32. The minimum atomic E-state index is -0.375. The Bertz CT molecular complexity index is 436. The molecule has 6 heteroatoms. The first kappa shape index (κ1) is 13.6. The molecule has 0 radical (unpaired) electrons. The molecule has 0 unspecified atom stereocenters. The maximum Gasteiger partial charge on any atom is 0.275 e. The lowest BCUT2D eigenvalue weighted by molar-refractivity contribution is -0.385. The van der Waals surface area contributed by atoms with E-state index < -0.39 is 0 Å². The number of halogens is 1. The van der Waals surface area contributed by atoms with Gasteiger partial charge < -0.3 is 5.32 Å². The molecule has 0 atom stereocenters. The molecule has 18 heavy (non-hydrogen) atoms. The molecule has 0 bridgehead atoms. The number of rotatable bonds is 4. The van der Waals surface area contributed by atoms with Crippen molar-refractivity contribution in [3.05, 3.63) is 38.9 Å². The zero-order chi connectivity index (χ0) is 13.0. The molecule has 1 aromatic carbocycles. The van der Waals surface area contributed by atoms with Crippen LogP contribution < -0.4 is 5.32 Å². The van der Waals surface area contributed by atoms with Gasteiger partial charge >= 0.3 is 0 Å². The van der Waals surface area contributed by atoms with E-state index >= 15 is 0 Å². The minimum absolute atomic E-state index is 0.0974. The third kappa shape index (κ3) is 3.37. The fourth-order valence-corrected chi connectivity index (χ4v) is 3.38. The average Bonchev–Trinajstić information content (AvgIpc) is 2.38. The second-order valence-corrected chi connectivity index (χ2v) is 5.89. The van der Waals surface area contributed by atoms with Crippen molar-refractivity contribution in [1.82, 2.24) is 5.32 Å². The number of hydrogen-bond acceptors (Lipinski definition) is 4. The predicted octanol–water partition coefficient (Wildman–Crippen LogP) is 3.23. The highest BCUT2D eigenvalue weighted by atomic mass is 35.5. The van der Waals surface area contributed by atoms with Crippen LogP contribution in [0.15, 0.2) is 18.2 Å². The third-order valence-electron chi connectivity index (χ3n) is 3.08. The molecule has 0 amide bonds. The Morgan fingerprint density at radius 2 is 2.17 bits per heavy atom. The van der Waals surface area contributed by atoms with Crippen LogP contribution in [-0.4, -0.2) is 22.5 Å². The molecule has 1 saturated heterocycles. The summed E-state index contributed by atoms with van der Waals surface area (Å²) < 4.78 is 0. The summed E-state index contributed by atoms with van der Waals surface area (Å²) >= 11 is 8.00. The van der Waals surface area contributed by atoms with Crippen LogP contribution in [0.4, 0.5) is 5.69 Å². The standard InChI is InChI=1S/C12H15ClN2O2S/c13-11-2-1-3-12(15(16)17)10(11)8-14-9-4-6-18-7-5-9/h1-3,9,14H,4-8H2. The summed E-state index contributed by atoms with van der Waals surface area (Å²) in [6.45, 7) is 0.464. The fourth-order valence-electron chi connectivity index (χ4n) is 2.04. The maximum absolute atomic E-state index is 10.9. The van der Waals surface area contributed by atoms with E-state index in [0.29, 0.717) is 23.2 Å². The summed E-state index contributed by atoms with van der Waals surface area (Å²) in [5.41, 5.74) is 0.683. The summed E-state index contributed by atoms with van der Waals surface area (Å²) in [4.78, 5) is 10.6. The summed E-state index contributed by atoms with van der Waals surface area (Å²) in [5, 5.41) is 14.8. The summed E-state index contributed by atoms with van der Waals surface area (Å²) in [5.74, 6) is 2.31. The van der Waals surface area contributed by atoms with E-state index in [4.69, 9.17) is 11.6 Å². The Labute approximate surface area is 115 Å². The van der Waals surface area contributed by atoms with E-state index in [1.165, 1.54) is 6.07 Å². The molecule has 0 aromatic heterocycles. The Morgan fingerprint density at radius 3 is 2.83 bits per heavy atom.